The first-order chi connectivity index (χ1) is 7.64. The number of aliphatic hydroxyl groups is 1. The molecule has 0 radical (unpaired) electrons. The van der Waals surface area contributed by atoms with Gasteiger partial charge in [0.1, 0.15) is 5.60 Å². The van der Waals surface area contributed by atoms with E-state index in [0.717, 1.165) is 41.7 Å². The molecule has 1 aromatic heterocycles. The van der Waals surface area contributed by atoms with Crippen molar-refractivity contribution in [1.82, 2.24) is 4.90 Å². The third kappa shape index (κ3) is 2.59. The number of halogens is 1. The van der Waals surface area contributed by atoms with Crippen LogP contribution in [0.3, 0.4) is 0 Å². The molecule has 1 saturated heterocycles. The SMILES string of the molecule is CCCN1CCC(O)(c2ccc(Cl)s2)CC1. The van der Waals surface area contributed by atoms with Gasteiger partial charge in [0, 0.05) is 18.0 Å². The zero-order valence-corrected chi connectivity index (χ0v) is 11.2. The molecular weight excluding hydrogens is 242 g/mol. The third-order valence-electron chi connectivity index (χ3n) is 3.25. The van der Waals surface area contributed by atoms with Gasteiger partial charge in [0.05, 0.1) is 4.34 Å². The Bertz CT molecular complexity index is 345. The molecule has 1 aliphatic heterocycles. The highest BCUT2D eigenvalue weighted by atomic mass is 35.5. The van der Waals surface area contributed by atoms with E-state index in [1.54, 1.807) is 0 Å². The zero-order valence-electron chi connectivity index (χ0n) is 9.58. The summed E-state index contributed by atoms with van der Waals surface area (Å²) in [7, 11) is 0. The first kappa shape index (κ1) is 12.4. The van der Waals surface area contributed by atoms with Crippen molar-refractivity contribution in [2.75, 3.05) is 19.6 Å². The summed E-state index contributed by atoms with van der Waals surface area (Å²) >= 11 is 7.42. The molecule has 2 nitrogen and oxygen atoms in total. The molecule has 0 saturated carbocycles. The lowest BCUT2D eigenvalue weighted by atomic mass is 9.90. The molecule has 0 aromatic carbocycles. The molecule has 4 heteroatoms. The number of hydrogen-bond acceptors (Lipinski definition) is 3. The first-order valence-electron chi connectivity index (χ1n) is 5.84. The van der Waals surface area contributed by atoms with Gasteiger partial charge < -0.3 is 10.0 Å². The van der Waals surface area contributed by atoms with Crippen molar-refractivity contribution in [1.29, 1.82) is 0 Å². The summed E-state index contributed by atoms with van der Waals surface area (Å²) in [6.45, 7) is 5.31. The Morgan fingerprint density at radius 2 is 2.12 bits per heavy atom. The highest BCUT2D eigenvalue weighted by Crippen LogP contribution is 2.38. The summed E-state index contributed by atoms with van der Waals surface area (Å²) in [5.74, 6) is 0. The Hall–Kier alpha value is -0.0900. The van der Waals surface area contributed by atoms with Gasteiger partial charge in [0.15, 0.2) is 0 Å². The smallest absolute Gasteiger partial charge is 0.101 e. The van der Waals surface area contributed by atoms with Gasteiger partial charge in [-0.05, 0) is 37.9 Å². The fourth-order valence-electron chi connectivity index (χ4n) is 2.27. The molecule has 0 bridgehead atoms. The van der Waals surface area contributed by atoms with Gasteiger partial charge in [-0.15, -0.1) is 11.3 Å². The van der Waals surface area contributed by atoms with Gasteiger partial charge in [-0.2, -0.15) is 0 Å². The van der Waals surface area contributed by atoms with E-state index in [1.165, 1.54) is 17.8 Å². The molecule has 1 fully saturated rings. The molecule has 16 heavy (non-hydrogen) atoms. The summed E-state index contributed by atoms with van der Waals surface area (Å²) in [5.41, 5.74) is -0.637. The van der Waals surface area contributed by atoms with Gasteiger partial charge in [-0.3, -0.25) is 0 Å². The second kappa shape index (κ2) is 5.05. The van der Waals surface area contributed by atoms with Crippen LogP contribution < -0.4 is 0 Å². The molecule has 0 amide bonds. The van der Waals surface area contributed by atoms with Gasteiger partial charge in [0.25, 0.3) is 0 Å². The second-order valence-corrected chi connectivity index (χ2v) is 6.19. The summed E-state index contributed by atoms with van der Waals surface area (Å²) in [5, 5.41) is 10.6. The Labute approximate surface area is 106 Å². The van der Waals surface area contributed by atoms with Crippen LogP contribution in [-0.2, 0) is 5.60 Å². The van der Waals surface area contributed by atoms with Gasteiger partial charge in [-0.1, -0.05) is 18.5 Å². The number of nitrogens with zero attached hydrogens (tertiary/aromatic N) is 1. The van der Waals surface area contributed by atoms with E-state index in [9.17, 15) is 5.11 Å². The number of hydrogen-bond donors (Lipinski definition) is 1. The molecule has 2 heterocycles. The van der Waals surface area contributed by atoms with Crippen molar-refractivity contribution in [3.8, 4) is 0 Å². The van der Waals surface area contributed by atoms with Crippen molar-refractivity contribution in [2.45, 2.75) is 31.8 Å². The minimum absolute atomic E-state index is 0.637. The van der Waals surface area contributed by atoms with Gasteiger partial charge in [0.2, 0.25) is 0 Å². The molecule has 0 spiro atoms. The van der Waals surface area contributed by atoms with E-state index in [-0.39, 0.29) is 0 Å². The maximum atomic E-state index is 10.6. The van der Waals surface area contributed by atoms with Crippen LogP contribution >= 0.6 is 22.9 Å². The summed E-state index contributed by atoms with van der Waals surface area (Å²) in [6, 6.07) is 3.83. The van der Waals surface area contributed by atoms with Crippen LogP contribution in [0.15, 0.2) is 12.1 Å². The standard InChI is InChI=1S/C12H18ClNOS/c1-2-7-14-8-5-12(15,6-9-14)10-3-4-11(13)16-10/h3-4,15H,2,5-9H2,1H3. The van der Waals surface area contributed by atoms with Crippen LogP contribution in [0.25, 0.3) is 0 Å². The zero-order chi connectivity index (χ0) is 11.6. The molecule has 2 rings (SSSR count). The van der Waals surface area contributed by atoms with E-state index in [1.807, 2.05) is 12.1 Å². The lowest BCUT2D eigenvalue weighted by Crippen LogP contribution is -2.42. The van der Waals surface area contributed by atoms with Gasteiger partial charge in [-0.25, -0.2) is 0 Å². The minimum Gasteiger partial charge on any atom is -0.384 e. The molecule has 1 N–H and O–H groups in total. The second-order valence-electron chi connectivity index (χ2n) is 4.48. The van der Waals surface area contributed by atoms with Crippen LogP contribution in [0, 0.1) is 0 Å². The molecular formula is C12H18ClNOS. The van der Waals surface area contributed by atoms with E-state index < -0.39 is 5.60 Å². The Morgan fingerprint density at radius 1 is 1.44 bits per heavy atom. The lowest BCUT2D eigenvalue weighted by molar-refractivity contribution is -0.0228. The molecule has 1 aliphatic rings. The van der Waals surface area contributed by atoms with E-state index in [4.69, 9.17) is 11.6 Å². The third-order valence-corrected chi connectivity index (χ3v) is 4.68. The fraction of sp³-hybridized carbons (Fsp3) is 0.667. The maximum absolute atomic E-state index is 10.6. The number of rotatable bonds is 3. The summed E-state index contributed by atoms with van der Waals surface area (Å²) in [6.07, 6.45) is 2.83. The minimum atomic E-state index is -0.637. The topological polar surface area (TPSA) is 23.5 Å². The van der Waals surface area contributed by atoms with Crippen molar-refractivity contribution < 1.29 is 5.11 Å². The van der Waals surface area contributed by atoms with Crippen LogP contribution in [0.5, 0.6) is 0 Å². The average molecular weight is 260 g/mol. The Kier molecular flexibility index (Phi) is 3.90. The van der Waals surface area contributed by atoms with Crippen molar-refractivity contribution in [2.24, 2.45) is 0 Å². The average Bonchev–Trinajstić information content (AvgIpc) is 2.70. The monoisotopic (exact) mass is 259 g/mol. The largest absolute Gasteiger partial charge is 0.384 e. The predicted octanol–water partition coefficient (Wildman–Crippen LogP) is 3.09. The first-order valence-corrected chi connectivity index (χ1v) is 7.04. The van der Waals surface area contributed by atoms with Crippen LogP contribution in [0.2, 0.25) is 4.34 Å². The number of piperidine rings is 1. The molecule has 0 aliphatic carbocycles. The molecule has 0 unspecified atom stereocenters. The van der Waals surface area contributed by atoms with Crippen LogP contribution in [0.1, 0.15) is 31.1 Å². The number of likely N-dealkylation sites (tertiary alicyclic amines) is 1. The van der Waals surface area contributed by atoms with Crippen molar-refractivity contribution in [3.05, 3.63) is 21.3 Å². The summed E-state index contributed by atoms with van der Waals surface area (Å²) < 4.78 is 0.763. The van der Waals surface area contributed by atoms with Crippen molar-refractivity contribution in [3.63, 3.8) is 0 Å². The quantitative estimate of drug-likeness (QED) is 0.902. The maximum Gasteiger partial charge on any atom is 0.101 e. The van der Waals surface area contributed by atoms with E-state index in [2.05, 4.69) is 11.8 Å². The highest BCUT2D eigenvalue weighted by Gasteiger charge is 2.34. The van der Waals surface area contributed by atoms with E-state index in [0.29, 0.717) is 0 Å². The highest BCUT2D eigenvalue weighted by molar-refractivity contribution is 7.16. The Balaban J connectivity index is 2.01. The molecule has 1 aromatic rings. The molecule has 90 valence electrons. The normalized spacial score (nSPS) is 21.2. The molecule has 0 atom stereocenters. The van der Waals surface area contributed by atoms with Crippen molar-refractivity contribution >= 4 is 22.9 Å². The number of thiophene rings is 1. The van der Waals surface area contributed by atoms with Gasteiger partial charge >= 0.3 is 0 Å². The predicted molar refractivity (Wildman–Crippen MR) is 69.2 cm³/mol. The van der Waals surface area contributed by atoms with Crippen LogP contribution in [0.4, 0.5) is 0 Å². The fourth-order valence-corrected chi connectivity index (χ4v) is 3.46. The summed E-state index contributed by atoms with van der Waals surface area (Å²) in [4.78, 5) is 3.44. The van der Waals surface area contributed by atoms with E-state index >= 15 is 0 Å². The Morgan fingerprint density at radius 3 is 2.62 bits per heavy atom. The van der Waals surface area contributed by atoms with Crippen LogP contribution in [-0.4, -0.2) is 29.6 Å². The lowest BCUT2D eigenvalue weighted by Gasteiger charge is -2.37.